The van der Waals surface area contributed by atoms with E-state index >= 15 is 0 Å². The van der Waals surface area contributed by atoms with E-state index in [4.69, 9.17) is 16.0 Å². The lowest BCUT2D eigenvalue weighted by molar-refractivity contribution is 0.101. The average Bonchev–Trinajstić information content (AvgIpc) is 3.14. The number of aromatic nitrogens is 4. The molecule has 0 saturated heterocycles. The van der Waals surface area contributed by atoms with E-state index in [0.29, 0.717) is 22.3 Å². The minimum absolute atomic E-state index is 0.0472. The van der Waals surface area contributed by atoms with E-state index in [-0.39, 0.29) is 6.01 Å². The summed E-state index contributed by atoms with van der Waals surface area (Å²) in [5, 5.41) is 14.3. The highest BCUT2D eigenvalue weighted by atomic mass is 35.5. The van der Waals surface area contributed by atoms with Gasteiger partial charge in [-0.15, -0.1) is 16.4 Å². The summed E-state index contributed by atoms with van der Waals surface area (Å²) in [6, 6.07) is 5.43. The first-order valence-corrected chi connectivity index (χ1v) is 7.59. The molecular formula is C13H12ClN5O2S. The van der Waals surface area contributed by atoms with Crippen molar-refractivity contribution in [3.8, 4) is 0 Å². The number of hydrogen-bond donors (Lipinski definition) is 1. The van der Waals surface area contributed by atoms with Gasteiger partial charge in [-0.25, -0.2) is 0 Å². The summed E-state index contributed by atoms with van der Waals surface area (Å²) in [6.07, 6.45) is 0.475. The number of nitrogens with one attached hydrogen (secondary N) is 1. The predicted molar refractivity (Wildman–Crippen MR) is 82.3 cm³/mol. The van der Waals surface area contributed by atoms with E-state index in [1.54, 1.807) is 17.8 Å². The third-order valence-electron chi connectivity index (χ3n) is 2.99. The number of carbonyl (C=O) groups is 1. The van der Waals surface area contributed by atoms with Crippen LogP contribution in [0, 0.1) is 6.92 Å². The molecule has 0 aliphatic carbocycles. The highest BCUT2D eigenvalue weighted by Crippen LogP contribution is 2.23. The van der Waals surface area contributed by atoms with Crippen LogP contribution >= 0.6 is 22.9 Å². The number of amides is 1. The lowest BCUT2D eigenvalue weighted by Gasteiger charge is -1.95. The molecule has 3 aromatic heterocycles. The van der Waals surface area contributed by atoms with E-state index in [2.05, 4.69) is 20.6 Å². The van der Waals surface area contributed by atoms with E-state index < -0.39 is 5.91 Å². The Labute approximate surface area is 134 Å². The van der Waals surface area contributed by atoms with Gasteiger partial charge in [0.1, 0.15) is 0 Å². The Kier molecular flexibility index (Phi) is 3.95. The van der Waals surface area contributed by atoms with Crippen LogP contribution in [0.15, 0.2) is 22.6 Å². The number of aryl methyl sites for hydroxylation is 2. The largest absolute Gasteiger partial charge is 0.407 e. The predicted octanol–water partition coefficient (Wildman–Crippen LogP) is 2.67. The molecule has 0 atom stereocenters. The minimum Gasteiger partial charge on any atom is -0.407 e. The third kappa shape index (κ3) is 3.18. The fraction of sp³-hybridized carbons (Fsp3) is 0.231. The molecule has 1 amide bonds. The van der Waals surface area contributed by atoms with Gasteiger partial charge in [-0.1, -0.05) is 16.7 Å². The fourth-order valence-electron chi connectivity index (χ4n) is 1.80. The molecule has 0 unspecified atom stereocenters. The van der Waals surface area contributed by atoms with Gasteiger partial charge in [0.05, 0.1) is 10.8 Å². The number of halogens is 1. The van der Waals surface area contributed by atoms with Crippen molar-refractivity contribution in [2.24, 2.45) is 7.05 Å². The molecule has 3 rings (SSSR count). The fourth-order valence-corrected chi connectivity index (χ4v) is 2.88. The molecule has 0 bridgehead atoms. The first-order chi connectivity index (χ1) is 10.5. The minimum atomic E-state index is -0.391. The SMILES string of the molecule is Cc1cc(C(=O)Nc2nnc(Cc3ccc(Cl)s3)o2)nn1C. The Morgan fingerprint density at radius 1 is 1.45 bits per heavy atom. The van der Waals surface area contributed by atoms with Crippen LogP contribution in [-0.2, 0) is 13.5 Å². The molecule has 9 heteroatoms. The van der Waals surface area contributed by atoms with Crippen LogP contribution in [-0.4, -0.2) is 25.9 Å². The summed E-state index contributed by atoms with van der Waals surface area (Å²) in [5.74, 6) is 0.0177. The van der Waals surface area contributed by atoms with Crippen LogP contribution in [0.4, 0.5) is 6.01 Å². The molecule has 0 aromatic carbocycles. The average molecular weight is 338 g/mol. The zero-order valence-corrected chi connectivity index (χ0v) is 13.4. The van der Waals surface area contributed by atoms with Crippen LogP contribution in [0.3, 0.4) is 0 Å². The third-order valence-corrected chi connectivity index (χ3v) is 4.22. The van der Waals surface area contributed by atoms with Gasteiger partial charge in [-0.2, -0.15) is 5.10 Å². The van der Waals surface area contributed by atoms with Crippen LogP contribution in [0.25, 0.3) is 0 Å². The van der Waals surface area contributed by atoms with Crippen LogP contribution < -0.4 is 5.32 Å². The van der Waals surface area contributed by atoms with Crippen LogP contribution in [0.1, 0.15) is 27.0 Å². The molecule has 0 aliphatic rings. The van der Waals surface area contributed by atoms with Gasteiger partial charge < -0.3 is 4.42 Å². The molecule has 0 spiro atoms. The number of anilines is 1. The van der Waals surface area contributed by atoms with E-state index in [0.717, 1.165) is 10.6 Å². The molecule has 22 heavy (non-hydrogen) atoms. The quantitative estimate of drug-likeness (QED) is 0.791. The number of carbonyl (C=O) groups excluding carboxylic acids is 1. The molecule has 0 radical (unpaired) electrons. The van der Waals surface area contributed by atoms with Gasteiger partial charge in [0, 0.05) is 17.6 Å². The summed E-state index contributed by atoms with van der Waals surface area (Å²) in [6.45, 7) is 1.86. The Morgan fingerprint density at radius 2 is 2.27 bits per heavy atom. The molecule has 3 aromatic rings. The second-order valence-corrected chi connectivity index (χ2v) is 6.43. The van der Waals surface area contributed by atoms with E-state index in [1.165, 1.54) is 11.3 Å². The lowest BCUT2D eigenvalue weighted by atomic mass is 10.3. The van der Waals surface area contributed by atoms with Crippen LogP contribution in [0.5, 0.6) is 0 Å². The summed E-state index contributed by atoms with van der Waals surface area (Å²) in [7, 11) is 1.77. The van der Waals surface area contributed by atoms with Crippen molar-refractivity contribution in [2.45, 2.75) is 13.3 Å². The first kappa shape index (κ1) is 14.7. The van der Waals surface area contributed by atoms with Crippen molar-refractivity contribution in [1.82, 2.24) is 20.0 Å². The molecule has 1 N–H and O–H groups in total. The zero-order chi connectivity index (χ0) is 15.7. The molecule has 7 nitrogen and oxygen atoms in total. The molecule has 3 heterocycles. The van der Waals surface area contributed by atoms with Gasteiger partial charge in [-0.3, -0.25) is 14.8 Å². The normalized spacial score (nSPS) is 10.9. The van der Waals surface area contributed by atoms with Gasteiger partial charge in [-0.05, 0) is 25.1 Å². The van der Waals surface area contributed by atoms with Gasteiger partial charge in [0.2, 0.25) is 5.89 Å². The van der Waals surface area contributed by atoms with Gasteiger partial charge >= 0.3 is 6.01 Å². The molecule has 114 valence electrons. The topological polar surface area (TPSA) is 85.8 Å². The summed E-state index contributed by atoms with van der Waals surface area (Å²) in [5.41, 5.74) is 1.18. The maximum Gasteiger partial charge on any atom is 0.322 e. The number of thiophene rings is 1. The van der Waals surface area contributed by atoms with E-state index in [9.17, 15) is 4.79 Å². The molecule has 0 aliphatic heterocycles. The summed E-state index contributed by atoms with van der Waals surface area (Å²) in [4.78, 5) is 13.0. The van der Waals surface area contributed by atoms with Crippen LogP contribution in [0.2, 0.25) is 4.34 Å². The Balaban J connectivity index is 1.67. The van der Waals surface area contributed by atoms with Crippen molar-refractivity contribution in [1.29, 1.82) is 0 Å². The Hall–Kier alpha value is -2.19. The first-order valence-electron chi connectivity index (χ1n) is 6.40. The highest BCUT2D eigenvalue weighted by Gasteiger charge is 2.15. The maximum absolute atomic E-state index is 12.0. The smallest absolute Gasteiger partial charge is 0.322 e. The summed E-state index contributed by atoms with van der Waals surface area (Å²) < 4.78 is 7.72. The summed E-state index contributed by atoms with van der Waals surface area (Å²) >= 11 is 7.31. The zero-order valence-electron chi connectivity index (χ0n) is 11.8. The highest BCUT2D eigenvalue weighted by molar-refractivity contribution is 7.16. The van der Waals surface area contributed by atoms with Crippen molar-refractivity contribution in [3.63, 3.8) is 0 Å². The van der Waals surface area contributed by atoms with Crippen molar-refractivity contribution >= 4 is 34.9 Å². The monoisotopic (exact) mass is 337 g/mol. The number of hydrogen-bond acceptors (Lipinski definition) is 6. The van der Waals surface area contributed by atoms with Gasteiger partial charge in [0.25, 0.3) is 5.91 Å². The van der Waals surface area contributed by atoms with Gasteiger partial charge in [0.15, 0.2) is 5.69 Å². The lowest BCUT2D eigenvalue weighted by Crippen LogP contribution is -2.13. The van der Waals surface area contributed by atoms with E-state index in [1.807, 2.05) is 19.1 Å². The Morgan fingerprint density at radius 3 is 2.91 bits per heavy atom. The number of rotatable bonds is 4. The maximum atomic E-state index is 12.0. The second-order valence-electron chi connectivity index (χ2n) is 4.63. The second kappa shape index (κ2) is 5.90. The number of nitrogens with zero attached hydrogens (tertiary/aromatic N) is 4. The Bertz CT molecular complexity index is 803. The molecule has 0 saturated carbocycles. The van der Waals surface area contributed by atoms with Crippen molar-refractivity contribution in [3.05, 3.63) is 44.7 Å². The standard InChI is InChI=1S/C13H12ClN5O2S/c1-7-5-9(18-19(7)2)12(20)15-13-17-16-11(21-13)6-8-3-4-10(14)22-8/h3-5H,6H2,1-2H3,(H,15,17,20). The van der Waals surface area contributed by atoms with Crippen molar-refractivity contribution < 1.29 is 9.21 Å². The molecule has 0 fully saturated rings. The van der Waals surface area contributed by atoms with Crippen molar-refractivity contribution in [2.75, 3.05) is 5.32 Å². The molecular weight excluding hydrogens is 326 g/mol.